The van der Waals surface area contributed by atoms with Gasteiger partial charge in [-0.15, -0.1) is 0 Å². The zero-order valence-corrected chi connectivity index (χ0v) is 9.33. The third kappa shape index (κ3) is 2.27. The molecule has 3 heteroatoms. The van der Waals surface area contributed by atoms with Crippen molar-refractivity contribution in [3.8, 4) is 0 Å². The quantitative estimate of drug-likeness (QED) is 0.741. The minimum absolute atomic E-state index is 0.0437. The molecule has 0 radical (unpaired) electrons. The van der Waals surface area contributed by atoms with Gasteiger partial charge >= 0.3 is 0 Å². The largest absolute Gasteiger partial charge is 0.339 e. The first-order chi connectivity index (χ1) is 6.74. The zero-order chi connectivity index (χ0) is 10.6. The van der Waals surface area contributed by atoms with Gasteiger partial charge in [-0.1, -0.05) is 13.8 Å². The molecule has 2 N–H and O–H groups in total. The third-order valence-electron chi connectivity index (χ3n) is 3.26. The molecule has 0 aromatic rings. The van der Waals surface area contributed by atoms with Crippen LogP contribution in [0.4, 0.5) is 0 Å². The van der Waals surface area contributed by atoms with Crippen molar-refractivity contribution in [3.05, 3.63) is 0 Å². The Labute approximate surface area is 86.6 Å². The lowest BCUT2D eigenvalue weighted by molar-refractivity contribution is -0.136. The highest BCUT2D eigenvalue weighted by atomic mass is 16.2. The van der Waals surface area contributed by atoms with Crippen molar-refractivity contribution >= 4 is 5.91 Å². The summed E-state index contributed by atoms with van der Waals surface area (Å²) in [7, 11) is 0. The monoisotopic (exact) mass is 198 g/mol. The number of carbonyl (C=O) groups is 1. The summed E-state index contributed by atoms with van der Waals surface area (Å²) in [5.74, 6) is 0.321. The lowest BCUT2D eigenvalue weighted by atomic mass is 10.0. The molecular weight excluding hydrogens is 176 g/mol. The lowest BCUT2D eigenvalue weighted by Crippen LogP contribution is -2.41. The second kappa shape index (κ2) is 5.35. The van der Waals surface area contributed by atoms with Crippen molar-refractivity contribution in [1.29, 1.82) is 0 Å². The molecule has 0 aliphatic carbocycles. The fourth-order valence-corrected chi connectivity index (χ4v) is 2.23. The summed E-state index contributed by atoms with van der Waals surface area (Å²) in [6, 6.07) is 0.475. The maximum atomic E-state index is 12.0. The van der Waals surface area contributed by atoms with Crippen molar-refractivity contribution in [2.45, 2.75) is 45.6 Å². The number of hydrogen-bond acceptors (Lipinski definition) is 2. The van der Waals surface area contributed by atoms with Gasteiger partial charge in [0.25, 0.3) is 0 Å². The van der Waals surface area contributed by atoms with Crippen LogP contribution in [0.25, 0.3) is 0 Å². The second-order valence-electron chi connectivity index (χ2n) is 4.08. The normalized spacial score (nSPS) is 23.9. The molecule has 1 saturated heterocycles. The Morgan fingerprint density at radius 3 is 2.79 bits per heavy atom. The summed E-state index contributed by atoms with van der Waals surface area (Å²) in [5, 5.41) is 0. The van der Waals surface area contributed by atoms with E-state index in [-0.39, 0.29) is 11.8 Å². The highest BCUT2D eigenvalue weighted by Crippen LogP contribution is 2.22. The molecule has 14 heavy (non-hydrogen) atoms. The molecule has 3 nitrogen and oxygen atoms in total. The van der Waals surface area contributed by atoms with Crippen molar-refractivity contribution in [2.75, 3.05) is 13.1 Å². The van der Waals surface area contributed by atoms with Gasteiger partial charge in [-0.2, -0.15) is 0 Å². The smallest absolute Gasteiger partial charge is 0.227 e. The van der Waals surface area contributed by atoms with E-state index in [0.29, 0.717) is 12.6 Å². The van der Waals surface area contributed by atoms with Gasteiger partial charge in [0.2, 0.25) is 5.91 Å². The van der Waals surface area contributed by atoms with E-state index in [9.17, 15) is 4.79 Å². The second-order valence-corrected chi connectivity index (χ2v) is 4.08. The Balaban J connectivity index is 2.58. The minimum Gasteiger partial charge on any atom is -0.339 e. The average molecular weight is 198 g/mol. The Morgan fingerprint density at radius 2 is 2.29 bits per heavy atom. The van der Waals surface area contributed by atoms with Gasteiger partial charge in [-0.25, -0.2) is 0 Å². The summed E-state index contributed by atoms with van der Waals surface area (Å²) in [5.41, 5.74) is 5.59. The van der Waals surface area contributed by atoms with E-state index in [1.807, 2.05) is 11.8 Å². The van der Waals surface area contributed by atoms with Gasteiger partial charge in [0.15, 0.2) is 0 Å². The third-order valence-corrected chi connectivity index (χ3v) is 3.26. The molecule has 1 aliphatic rings. The summed E-state index contributed by atoms with van der Waals surface area (Å²) in [4.78, 5) is 14.1. The molecule has 0 aromatic carbocycles. The molecule has 0 spiro atoms. The molecule has 1 rings (SSSR count). The van der Waals surface area contributed by atoms with Crippen LogP contribution in [0.15, 0.2) is 0 Å². The van der Waals surface area contributed by atoms with Gasteiger partial charge in [0.05, 0.1) is 5.92 Å². The summed E-state index contributed by atoms with van der Waals surface area (Å²) in [6.07, 6.45) is 4.27. The highest BCUT2D eigenvalue weighted by molar-refractivity contribution is 5.79. The first kappa shape index (κ1) is 11.5. The van der Waals surface area contributed by atoms with Crippen molar-refractivity contribution < 1.29 is 4.79 Å². The maximum Gasteiger partial charge on any atom is 0.227 e. The standard InChI is InChI=1S/C11H22N2O/c1-3-9(8-12)11(14)13-7-5-6-10(13)4-2/h9-10H,3-8,12H2,1-2H3. The number of rotatable bonds is 4. The van der Waals surface area contributed by atoms with Crippen molar-refractivity contribution in [3.63, 3.8) is 0 Å². The Bertz CT molecular complexity index is 190. The first-order valence-electron chi connectivity index (χ1n) is 5.75. The van der Waals surface area contributed by atoms with E-state index in [0.717, 1.165) is 25.8 Å². The predicted octanol–water partition coefficient (Wildman–Crippen LogP) is 1.37. The van der Waals surface area contributed by atoms with Crippen LogP contribution >= 0.6 is 0 Å². The van der Waals surface area contributed by atoms with E-state index in [1.54, 1.807) is 0 Å². The number of carbonyl (C=O) groups excluding carboxylic acids is 1. The summed E-state index contributed by atoms with van der Waals surface area (Å²) < 4.78 is 0. The van der Waals surface area contributed by atoms with Crippen molar-refractivity contribution in [1.82, 2.24) is 4.90 Å². The zero-order valence-electron chi connectivity index (χ0n) is 9.33. The lowest BCUT2D eigenvalue weighted by Gasteiger charge is -2.27. The van der Waals surface area contributed by atoms with Gasteiger partial charge in [0.1, 0.15) is 0 Å². The highest BCUT2D eigenvalue weighted by Gasteiger charge is 2.30. The molecule has 82 valence electrons. The molecule has 1 amide bonds. The number of amides is 1. The van der Waals surface area contributed by atoms with Gasteiger partial charge < -0.3 is 10.6 Å². The molecule has 1 aliphatic heterocycles. The first-order valence-corrected chi connectivity index (χ1v) is 5.75. The van der Waals surface area contributed by atoms with E-state index in [4.69, 9.17) is 5.73 Å². The molecule has 2 atom stereocenters. The van der Waals surface area contributed by atoms with E-state index >= 15 is 0 Å². The molecule has 0 saturated carbocycles. The SMILES string of the molecule is CCC(CN)C(=O)N1CCCC1CC. The van der Waals surface area contributed by atoms with Crippen LogP contribution in [-0.2, 0) is 4.79 Å². The van der Waals surface area contributed by atoms with Crippen molar-refractivity contribution in [2.24, 2.45) is 11.7 Å². The molecule has 1 heterocycles. The van der Waals surface area contributed by atoms with E-state index < -0.39 is 0 Å². The molecule has 1 fully saturated rings. The summed E-state index contributed by atoms with van der Waals surface area (Å²) >= 11 is 0. The van der Waals surface area contributed by atoms with E-state index in [2.05, 4.69) is 6.92 Å². The Hall–Kier alpha value is -0.570. The van der Waals surface area contributed by atoms with Gasteiger partial charge in [-0.05, 0) is 25.7 Å². The van der Waals surface area contributed by atoms with Crippen LogP contribution < -0.4 is 5.73 Å². The van der Waals surface area contributed by atoms with Crippen LogP contribution in [0.2, 0.25) is 0 Å². The molecule has 2 unspecified atom stereocenters. The van der Waals surface area contributed by atoms with Crippen LogP contribution in [0.3, 0.4) is 0 Å². The molecule has 0 bridgehead atoms. The number of nitrogens with zero attached hydrogens (tertiary/aromatic N) is 1. The van der Waals surface area contributed by atoms with Gasteiger partial charge in [-0.3, -0.25) is 4.79 Å². The summed E-state index contributed by atoms with van der Waals surface area (Å²) in [6.45, 7) is 5.61. The fourth-order valence-electron chi connectivity index (χ4n) is 2.23. The number of likely N-dealkylation sites (tertiary alicyclic amines) is 1. The maximum absolute atomic E-state index is 12.0. The Morgan fingerprint density at radius 1 is 1.57 bits per heavy atom. The number of hydrogen-bond donors (Lipinski definition) is 1. The predicted molar refractivity (Wildman–Crippen MR) is 57.9 cm³/mol. The Kier molecular flexibility index (Phi) is 4.39. The number of nitrogens with two attached hydrogens (primary N) is 1. The molecule has 0 aromatic heterocycles. The van der Waals surface area contributed by atoms with Crippen LogP contribution in [0, 0.1) is 5.92 Å². The molecular formula is C11H22N2O. The minimum atomic E-state index is 0.0437. The van der Waals surface area contributed by atoms with Crippen LogP contribution in [-0.4, -0.2) is 29.9 Å². The fraction of sp³-hybridized carbons (Fsp3) is 0.909. The van der Waals surface area contributed by atoms with Crippen LogP contribution in [0.5, 0.6) is 0 Å². The average Bonchev–Trinajstić information content (AvgIpc) is 2.67. The van der Waals surface area contributed by atoms with Crippen LogP contribution in [0.1, 0.15) is 39.5 Å². The topological polar surface area (TPSA) is 46.3 Å². The van der Waals surface area contributed by atoms with Gasteiger partial charge in [0, 0.05) is 19.1 Å². The van der Waals surface area contributed by atoms with E-state index in [1.165, 1.54) is 6.42 Å².